The van der Waals surface area contributed by atoms with Gasteiger partial charge in [-0.1, -0.05) is 0 Å². The molecule has 3 N–H and O–H groups in total. The van der Waals surface area contributed by atoms with Crippen LogP contribution in [0.15, 0.2) is 0 Å². The number of nitrogens with one attached hydrogen (secondary N) is 1. The molecule has 0 aliphatic heterocycles. The average molecular weight is 235 g/mol. The molecule has 0 amide bonds. The Balaban J connectivity index is 2.25. The van der Waals surface area contributed by atoms with Gasteiger partial charge < -0.3 is 10.6 Å². The van der Waals surface area contributed by atoms with Crippen molar-refractivity contribution in [1.82, 2.24) is 9.62 Å². The zero-order valence-electron chi connectivity index (χ0n) is 9.44. The van der Waals surface area contributed by atoms with Crippen LogP contribution in [-0.4, -0.2) is 52.3 Å². The van der Waals surface area contributed by atoms with Gasteiger partial charge in [0.05, 0.1) is 6.26 Å². The molecule has 0 heterocycles. The maximum absolute atomic E-state index is 10.8. The number of nitrogens with zero attached hydrogens (tertiary/aromatic N) is 1. The largest absolute Gasteiger partial charge is 0.329 e. The molecule has 1 aliphatic rings. The standard InChI is InChI=1S/C9H21N3O2S/c1-12(6-5-11-15(2,13)14)9(7-10)8-3-4-8/h8-9,11H,3-7,10H2,1-2H3. The van der Waals surface area contributed by atoms with Gasteiger partial charge in [0.15, 0.2) is 0 Å². The van der Waals surface area contributed by atoms with E-state index in [4.69, 9.17) is 5.73 Å². The fraction of sp³-hybridized carbons (Fsp3) is 1.00. The van der Waals surface area contributed by atoms with E-state index >= 15 is 0 Å². The SMILES string of the molecule is CN(CCNS(C)(=O)=O)C(CN)C1CC1. The third-order valence-electron chi connectivity index (χ3n) is 2.80. The Morgan fingerprint density at radius 2 is 2.13 bits per heavy atom. The minimum absolute atomic E-state index is 0.409. The molecule has 6 heteroatoms. The molecule has 1 unspecified atom stereocenters. The first-order valence-electron chi connectivity index (χ1n) is 5.29. The van der Waals surface area contributed by atoms with Gasteiger partial charge >= 0.3 is 0 Å². The molecule has 15 heavy (non-hydrogen) atoms. The zero-order chi connectivity index (χ0) is 11.5. The topological polar surface area (TPSA) is 75.4 Å². The van der Waals surface area contributed by atoms with E-state index in [9.17, 15) is 8.42 Å². The van der Waals surface area contributed by atoms with Gasteiger partial charge in [-0.05, 0) is 25.8 Å². The van der Waals surface area contributed by atoms with E-state index in [0.717, 1.165) is 5.92 Å². The van der Waals surface area contributed by atoms with Crippen LogP contribution in [0.4, 0.5) is 0 Å². The molecule has 5 nitrogen and oxygen atoms in total. The third-order valence-corrected chi connectivity index (χ3v) is 3.53. The predicted molar refractivity (Wildman–Crippen MR) is 61.0 cm³/mol. The van der Waals surface area contributed by atoms with Gasteiger partial charge in [0.1, 0.15) is 0 Å². The van der Waals surface area contributed by atoms with Gasteiger partial charge in [0, 0.05) is 25.7 Å². The van der Waals surface area contributed by atoms with E-state index in [-0.39, 0.29) is 0 Å². The maximum atomic E-state index is 10.8. The molecule has 1 fully saturated rings. The molecule has 0 spiro atoms. The summed E-state index contributed by atoms with van der Waals surface area (Å²) >= 11 is 0. The highest BCUT2D eigenvalue weighted by atomic mass is 32.2. The number of rotatable bonds is 7. The molecule has 1 aliphatic carbocycles. The fourth-order valence-electron chi connectivity index (χ4n) is 1.79. The summed E-state index contributed by atoms with van der Waals surface area (Å²) in [6.45, 7) is 1.82. The lowest BCUT2D eigenvalue weighted by Crippen LogP contribution is -2.43. The quantitative estimate of drug-likeness (QED) is 0.606. The first-order valence-corrected chi connectivity index (χ1v) is 7.18. The molecule has 0 aromatic rings. The summed E-state index contributed by atoms with van der Waals surface area (Å²) in [4.78, 5) is 2.15. The smallest absolute Gasteiger partial charge is 0.208 e. The van der Waals surface area contributed by atoms with Crippen molar-refractivity contribution in [2.45, 2.75) is 18.9 Å². The Morgan fingerprint density at radius 3 is 2.53 bits per heavy atom. The molecule has 0 radical (unpaired) electrons. The zero-order valence-corrected chi connectivity index (χ0v) is 10.3. The third kappa shape index (κ3) is 4.92. The Labute approximate surface area is 92.1 Å². The molecular formula is C9H21N3O2S. The van der Waals surface area contributed by atoms with Gasteiger partial charge in [-0.25, -0.2) is 13.1 Å². The monoisotopic (exact) mass is 235 g/mol. The molecule has 0 bridgehead atoms. The van der Waals surface area contributed by atoms with Crippen molar-refractivity contribution < 1.29 is 8.42 Å². The van der Waals surface area contributed by atoms with Crippen molar-refractivity contribution in [2.24, 2.45) is 11.7 Å². The second-order valence-electron chi connectivity index (χ2n) is 4.29. The number of hydrogen-bond acceptors (Lipinski definition) is 4. The Kier molecular flexibility index (Phi) is 4.51. The van der Waals surface area contributed by atoms with Crippen LogP contribution in [0.5, 0.6) is 0 Å². The lowest BCUT2D eigenvalue weighted by Gasteiger charge is -2.26. The summed E-state index contributed by atoms with van der Waals surface area (Å²) in [6.07, 6.45) is 3.69. The van der Waals surface area contributed by atoms with Crippen molar-refractivity contribution in [1.29, 1.82) is 0 Å². The van der Waals surface area contributed by atoms with Crippen molar-refractivity contribution in [3.05, 3.63) is 0 Å². The first-order chi connectivity index (χ1) is 6.94. The van der Waals surface area contributed by atoms with E-state index in [2.05, 4.69) is 9.62 Å². The predicted octanol–water partition coefficient (Wildman–Crippen LogP) is -0.795. The number of nitrogens with two attached hydrogens (primary N) is 1. The minimum atomic E-state index is -3.06. The van der Waals surface area contributed by atoms with Crippen molar-refractivity contribution in [3.63, 3.8) is 0 Å². The number of likely N-dealkylation sites (N-methyl/N-ethyl adjacent to an activating group) is 1. The van der Waals surface area contributed by atoms with Gasteiger partial charge in [0.25, 0.3) is 0 Å². The fourth-order valence-corrected chi connectivity index (χ4v) is 2.25. The first kappa shape index (κ1) is 12.9. The van der Waals surface area contributed by atoms with E-state index in [1.165, 1.54) is 19.1 Å². The van der Waals surface area contributed by atoms with E-state index < -0.39 is 10.0 Å². The van der Waals surface area contributed by atoms with E-state index in [0.29, 0.717) is 25.7 Å². The molecule has 0 aromatic heterocycles. The van der Waals surface area contributed by atoms with Crippen LogP contribution in [0, 0.1) is 5.92 Å². The van der Waals surface area contributed by atoms with Gasteiger partial charge in [-0.2, -0.15) is 0 Å². The molecular weight excluding hydrogens is 214 g/mol. The molecule has 1 rings (SSSR count). The Bertz CT molecular complexity index is 288. The molecule has 0 aromatic carbocycles. The number of hydrogen-bond donors (Lipinski definition) is 2. The minimum Gasteiger partial charge on any atom is -0.329 e. The summed E-state index contributed by atoms with van der Waals surface area (Å²) in [5.41, 5.74) is 5.69. The second-order valence-corrected chi connectivity index (χ2v) is 6.12. The lowest BCUT2D eigenvalue weighted by atomic mass is 10.1. The summed E-state index contributed by atoms with van der Waals surface area (Å²) in [6, 6.07) is 0.409. The Morgan fingerprint density at radius 1 is 1.53 bits per heavy atom. The summed E-state index contributed by atoms with van der Waals surface area (Å²) in [7, 11) is -1.06. The van der Waals surface area contributed by atoms with Crippen LogP contribution in [0.2, 0.25) is 0 Å². The molecule has 0 saturated heterocycles. The summed E-state index contributed by atoms with van der Waals surface area (Å²) in [5.74, 6) is 0.721. The second kappa shape index (κ2) is 5.25. The highest BCUT2D eigenvalue weighted by Crippen LogP contribution is 2.34. The van der Waals surface area contributed by atoms with Crippen LogP contribution < -0.4 is 10.5 Å². The van der Waals surface area contributed by atoms with Crippen LogP contribution in [-0.2, 0) is 10.0 Å². The van der Waals surface area contributed by atoms with Gasteiger partial charge in [0.2, 0.25) is 10.0 Å². The Hall–Kier alpha value is -0.170. The van der Waals surface area contributed by atoms with E-state index in [1.54, 1.807) is 0 Å². The van der Waals surface area contributed by atoms with Crippen LogP contribution in [0.1, 0.15) is 12.8 Å². The van der Waals surface area contributed by atoms with E-state index in [1.807, 2.05) is 7.05 Å². The molecule has 90 valence electrons. The van der Waals surface area contributed by atoms with Crippen LogP contribution in [0.3, 0.4) is 0 Å². The van der Waals surface area contributed by atoms with Crippen molar-refractivity contribution in [3.8, 4) is 0 Å². The highest BCUT2D eigenvalue weighted by Gasteiger charge is 2.32. The number of sulfonamides is 1. The van der Waals surface area contributed by atoms with Crippen molar-refractivity contribution in [2.75, 3.05) is 32.9 Å². The van der Waals surface area contributed by atoms with Crippen molar-refractivity contribution >= 4 is 10.0 Å². The lowest BCUT2D eigenvalue weighted by molar-refractivity contribution is 0.227. The normalized spacial score (nSPS) is 19.5. The van der Waals surface area contributed by atoms with Gasteiger partial charge in [-0.15, -0.1) is 0 Å². The van der Waals surface area contributed by atoms with Gasteiger partial charge in [-0.3, -0.25) is 0 Å². The summed E-state index contributed by atoms with van der Waals surface area (Å²) < 4.78 is 24.2. The maximum Gasteiger partial charge on any atom is 0.208 e. The highest BCUT2D eigenvalue weighted by molar-refractivity contribution is 7.88. The molecule has 1 atom stereocenters. The van der Waals surface area contributed by atoms with Crippen LogP contribution >= 0.6 is 0 Å². The molecule has 1 saturated carbocycles. The average Bonchev–Trinajstić information content (AvgIpc) is 2.87. The summed E-state index contributed by atoms with van der Waals surface area (Å²) in [5, 5.41) is 0. The van der Waals surface area contributed by atoms with Crippen LogP contribution in [0.25, 0.3) is 0 Å².